The molecule has 1 heterocycles. The number of nitrogens with one attached hydrogen (secondary N) is 1. The van der Waals surface area contributed by atoms with Crippen molar-refractivity contribution in [2.75, 3.05) is 37.2 Å². The van der Waals surface area contributed by atoms with Crippen LogP contribution in [-0.4, -0.2) is 47.2 Å². The van der Waals surface area contributed by atoms with Crippen LogP contribution in [0.25, 0.3) is 0 Å². The molecule has 8 nitrogen and oxygen atoms in total. The summed E-state index contributed by atoms with van der Waals surface area (Å²) in [7, 11) is -4.18. The summed E-state index contributed by atoms with van der Waals surface area (Å²) >= 11 is 0. The van der Waals surface area contributed by atoms with Gasteiger partial charge >= 0.3 is 0 Å². The van der Waals surface area contributed by atoms with Gasteiger partial charge in [0.15, 0.2) is 11.5 Å². The lowest BCUT2D eigenvalue weighted by molar-refractivity contribution is -0.119. The van der Waals surface area contributed by atoms with Gasteiger partial charge in [-0.1, -0.05) is 12.1 Å². The van der Waals surface area contributed by atoms with Crippen LogP contribution >= 0.6 is 0 Å². The zero-order valence-corrected chi connectivity index (χ0v) is 21.3. The van der Waals surface area contributed by atoms with Crippen molar-refractivity contribution in [2.24, 2.45) is 0 Å². The Morgan fingerprint density at radius 1 is 1.00 bits per heavy atom. The van der Waals surface area contributed by atoms with Crippen LogP contribution in [0.15, 0.2) is 71.6 Å². The fourth-order valence-electron chi connectivity index (χ4n) is 3.86. The monoisotopic (exact) mass is 528 g/mol. The minimum absolute atomic E-state index is 0.0654. The fourth-order valence-corrected chi connectivity index (χ4v) is 5.30. The molecular weight excluding hydrogens is 499 g/mol. The number of benzene rings is 3. The maximum absolute atomic E-state index is 13.6. The van der Waals surface area contributed by atoms with E-state index in [9.17, 15) is 17.6 Å². The number of nitrogens with zero attached hydrogens (tertiary/aromatic N) is 1. The van der Waals surface area contributed by atoms with Gasteiger partial charge in [0.1, 0.15) is 31.3 Å². The highest BCUT2D eigenvalue weighted by molar-refractivity contribution is 7.92. The Balaban J connectivity index is 1.43. The first-order valence-corrected chi connectivity index (χ1v) is 13.5. The Morgan fingerprint density at radius 2 is 1.70 bits per heavy atom. The van der Waals surface area contributed by atoms with Crippen LogP contribution < -0.4 is 23.8 Å². The first-order valence-electron chi connectivity index (χ1n) is 12.0. The molecule has 1 aliphatic heterocycles. The van der Waals surface area contributed by atoms with Gasteiger partial charge in [-0.25, -0.2) is 12.8 Å². The van der Waals surface area contributed by atoms with Crippen molar-refractivity contribution in [1.29, 1.82) is 0 Å². The lowest BCUT2D eigenvalue weighted by Gasteiger charge is -2.25. The molecule has 3 aromatic rings. The Bertz CT molecular complexity index is 1310. The first kappa shape index (κ1) is 26.3. The van der Waals surface area contributed by atoms with E-state index in [1.165, 1.54) is 30.3 Å². The van der Waals surface area contributed by atoms with Crippen LogP contribution in [0.5, 0.6) is 17.2 Å². The van der Waals surface area contributed by atoms with Crippen molar-refractivity contribution in [1.82, 2.24) is 5.32 Å². The van der Waals surface area contributed by atoms with Gasteiger partial charge in [0.25, 0.3) is 10.0 Å². The quantitative estimate of drug-likeness (QED) is 0.379. The molecule has 0 fully saturated rings. The number of aryl methyl sites for hydroxylation is 1. The smallest absolute Gasteiger partial charge is 0.264 e. The van der Waals surface area contributed by atoms with Crippen molar-refractivity contribution >= 4 is 21.6 Å². The van der Waals surface area contributed by atoms with Crippen LogP contribution in [0.2, 0.25) is 0 Å². The summed E-state index contributed by atoms with van der Waals surface area (Å²) in [6.45, 7) is 3.11. The molecule has 0 aliphatic carbocycles. The highest BCUT2D eigenvalue weighted by Crippen LogP contribution is 2.34. The molecule has 0 unspecified atom stereocenters. The van der Waals surface area contributed by atoms with Crippen LogP contribution in [0.4, 0.5) is 10.1 Å². The van der Waals surface area contributed by atoms with Gasteiger partial charge in [0, 0.05) is 12.6 Å². The van der Waals surface area contributed by atoms with Crippen molar-refractivity contribution in [3.8, 4) is 17.2 Å². The molecule has 0 atom stereocenters. The lowest BCUT2D eigenvalue weighted by Crippen LogP contribution is -2.41. The van der Waals surface area contributed by atoms with Crippen LogP contribution in [0.3, 0.4) is 0 Å². The number of rotatable bonds is 11. The highest BCUT2D eigenvalue weighted by atomic mass is 32.2. The molecule has 0 radical (unpaired) electrons. The number of halogens is 1. The van der Waals surface area contributed by atoms with E-state index in [0.29, 0.717) is 44.3 Å². The van der Waals surface area contributed by atoms with E-state index in [1.807, 2.05) is 31.2 Å². The van der Waals surface area contributed by atoms with Crippen LogP contribution in [0, 0.1) is 5.82 Å². The summed E-state index contributed by atoms with van der Waals surface area (Å²) < 4.78 is 58.1. The van der Waals surface area contributed by atoms with E-state index in [-0.39, 0.29) is 10.6 Å². The van der Waals surface area contributed by atoms with Crippen molar-refractivity contribution in [3.63, 3.8) is 0 Å². The number of hydrogen-bond acceptors (Lipinski definition) is 6. The number of carbonyl (C=O) groups is 1. The molecule has 1 amide bonds. The molecule has 0 aromatic heterocycles. The standard InChI is InChI=1S/C27H29FN2O6S/c1-2-34-23-11-5-20(6-12-23)4-3-15-29-27(31)19-30(22-9-7-21(28)8-10-22)37(32,33)24-13-14-25-26(18-24)36-17-16-35-25/h5-14,18H,2-4,15-17,19H2,1H3,(H,29,31). The van der Waals surface area contributed by atoms with E-state index in [0.717, 1.165) is 34.2 Å². The Hall–Kier alpha value is -3.79. The van der Waals surface area contributed by atoms with Gasteiger partial charge < -0.3 is 19.5 Å². The second-order valence-electron chi connectivity index (χ2n) is 8.32. The van der Waals surface area contributed by atoms with Crippen LogP contribution in [0.1, 0.15) is 18.9 Å². The first-order chi connectivity index (χ1) is 17.9. The molecule has 3 aromatic carbocycles. The summed E-state index contributed by atoms with van der Waals surface area (Å²) in [5.41, 5.74) is 1.27. The summed E-state index contributed by atoms with van der Waals surface area (Å²) in [4.78, 5) is 12.7. The van der Waals surface area contributed by atoms with Gasteiger partial charge in [-0.05, 0) is 73.9 Å². The largest absolute Gasteiger partial charge is 0.494 e. The third-order valence-electron chi connectivity index (χ3n) is 5.70. The van der Waals surface area contributed by atoms with E-state index < -0.39 is 28.3 Å². The minimum atomic E-state index is -4.18. The molecule has 10 heteroatoms. The second kappa shape index (κ2) is 12.0. The van der Waals surface area contributed by atoms with E-state index in [2.05, 4.69) is 5.32 Å². The number of hydrogen-bond donors (Lipinski definition) is 1. The summed E-state index contributed by atoms with van der Waals surface area (Å²) in [5, 5.41) is 2.78. The summed E-state index contributed by atoms with van der Waals surface area (Å²) in [6.07, 6.45) is 1.41. The molecule has 0 saturated carbocycles. The summed E-state index contributed by atoms with van der Waals surface area (Å²) in [6, 6.07) is 17.0. The average Bonchev–Trinajstić information content (AvgIpc) is 2.91. The van der Waals surface area contributed by atoms with E-state index >= 15 is 0 Å². The van der Waals surface area contributed by atoms with Gasteiger partial charge in [0.05, 0.1) is 17.2 Å². The maximum Gasteiger partial charge on any atom is 0.264 e. The number of ether oxygens (including phenoxy) is 3. The predicted molar refractivity (Wildman–Crippen MR) is 137 cm³/mol. The van der Waals surface area contributed by atoms with Crippen LogP contribution in [-0.2, 0) is 21.2 Å². The Labute approximate surface area is 216 Å². The summed E-state index contributed by atoms with van der Waals surface area (Å²) in [5.74, 6) is 0.574. The SMILES string of the molecule is CCOc1ccc(CCCNC(=O)CN(c2ccc(F)cc2)S(=O)(=O)c2ccc3c(c2)OCCO3)cc1. The number of carbonyl (C=O) groups excluding carboxylic acids is 1. The average molecular weight is 529 g/mol. The fraction of sp³-hybridized carbons (Fsp3) is 0.296. The van der Waals surface area contributed by atoms with E-state index in [1.54, 1.807) is 0 Å². The molecule has 4 rings (SSSR count). The Morgan fingerprint density at radius 3 is 2.41 bits per heavy atom. The normalized spacial score (nSPS) is 12.6. The third kappa shape index (κ3) is 6.71. The minimum Gasteiger partial charge on any atom is -0.494 e. The van der Waals surface area contributed by atoms with Gasteiger partial charge in [0.2, 0.25) is 5.91 Å². The molecular formula is C27H29FN2O6S. The number of amides is 1. The maximum atomic E-state index is 13.6. The molecule has 0 saturated heterocycles. The Kier molecular flexibility index (Phi) is 8.50. The second-order valence-corrected chi connectivity index (χ2v) is 10.2. The zero-order chi connectivity index (χ0) is 26.3. The van der Waals surface area contributed by atoms with Gasteiger partial charge in [-0.15, -0.1) is 0 Å². The highest BCUT2D eigenvalue weighted by Gasteiger charge is 2.29. The molecule has 196 valence electrons. The molecule has 0 bridgehead atoms. The molecule has 37 heavy (non-hydrogen) atoms. The topological polar surface area (TPSA) is 94.2 Å². The number of sulfonamides is 1. The van der Waals surface area contributed by atoms with Crippen molar-refractivity contribution in [2.45, 2.75) is 24.7 Å². The van der Waals surface area contributed by atoms with Crippen molar-refractivity contribution < 1.29 is 31.8 Å². The number of anilines is 1. The van der Waals surface area contributed by atoms with E-state index in [4.69, 9.17) is 14.2 Å². The van der Waals surface area contributed by atoms with Crippen molar-refractivity contribution in [3.05, 3.63) is 78.1 Å². The predicted octanol–water partition coefficient (Wildman–Crippen LogP) is 3.94. The third-order valence-corrected chi connectivity index (χ3v) is 7.47. The van der Waals surface area contributed by atoms with Gasteiger partial charge in [-0.3, -0.25) is 9.10 Å². The van der Waals surface area contributed by atoms with Gasteiger partial charge in [-0.2, -0.15) is 0 Å². The molecule has 0 spiro atoms. The molecule has 1 aliphatic rings. The number of fused-ring (bicyclic) bond motifs is 1. The lowest BCUT2D eigenvalue weighted by atomic mass is 10.1. The zero-order valence-electron chi connectivity index (χ0n) is 20.5. The molecule has 1 N–H and O–H groups in total.